The van der Waals surface area contributed by atoms with Gasteiger partial charge in [0.15, 0.2) is 0 Å². The van der Waals surface area contributed by atoms with Crippen LogP contribution in [0.2, 0.25) is 0 Å². The first kappa shape index (κ1) is 13.0. The first-order valence-electron chi connectivity index (χ1n) is 4.84. The van der Waals surface area contributed by atoms with E-state index >= 15 is 0 Å². The highest BCUT2D eigenvalue weighted by atomic mass is 127. The fourth-order valence-electron chi connectivity index (χ4n) is 1.15. The zero-order valence-electron chi connectivity index (χ0n) is 8.30. The van der Waals surface area contributed by atoms with Crippen LogP contribution >= 0.6 is 38.5 Å². The SMILES string of the molecule is O=C(NCCCCI)c1cccc(Br)c1. The number of carbonyl (C=O) groups is 1. The van der Waals surface area contributed by atoms with Crippen molar-refractivity contribution in [3.63, 3.8) is 0 Å². The average molecular weight is 382 g/mol. The van der Waals surface area contributed by atoms with Crippen LogP contribution in [-0.2, 0) is 0 Å². The van der Waals surface area contributed by atoms with Gasteiger partial charge in [0.05, 0.1) is 0 Å². The number of hydrogen-bond donors (Lipinski definition) is 1. The van der Waals surface area contributed by atoms with Crippen molar-refractivity contribution in [2.45, 2.75) is 12.8 Å². The second-order valence-corrected chi connectivity index (χ2v) is 5.16. The van der Waals surface area contributed by atoms with Crippen molar-refractivity contribution in [3.05, 3.63) is 34.3 Å². The van der Waals surface area contributed by atoms with E-state index in [0.29, 0.717) is 5.56 Å². The van der Waals surface area contributed by atoms with Crippen molar-refractivity contribution in [1.29, 1.82) is 0 Å². The lowest BCUT2D eigenvalue weighted by molar-refractivity contribution is 0.0953. The minimum atomic E-state index is 0.00441. The van der Waals surface area contributed by atoms with Crippen LogP contribution in [0.5, 0.6) is 0 Å². The molecule has 1 rings (SSSR count). The molecule has 0 saturated carbocycles. The van der Waals surface area contributed by atoms with E-state index in [-0.39, 0.29) is 5.91 Å². The molecule has 1 N–H and O–H groups in total. The first-order chi connectivity index (χ1) is 7.24. The molecule has 2 nitrogen and oxygen atoms in total. The molecule has 82 valence electrons. The highest BCUT2D eigenvalue weighted by molar-refractivity contribution is 14.1. The molecule has 1 aromatic carbocycles. The Hall–Kier alpha value is -0.100. The number of benzene rings is 1. The van der Waals surface area contributed by atoms with Gasteiger partial charge in [0, 0.05) is 16.6 Å². The molecule has 1 aromatic rings. The van der Waals surface area contributed by atoms with Crippen LogP contribution in [-0.4, -0.2) is 16.9 Å². The Labute approximate surface area is 112 Å². The van der Waals surface area contributed by atoms with Crippen molar-refractivity contribution < 1.29 is 4.79 Å². The molecule has 0 heterocycles. The molecule has 4 heteroatoms. The molecule has 0 atom stereocenters. The molecular weight excluding hydrogens is 369 g/mol. The van der Waals surface area contributed by atoms with Crippen molar-refractivity contribution in [2.75, 3.05) is 11.0 Å². The summed E-state index contributed by atoms with van der Waals surface area (Å²) >= 11 is 5.68. The van der Waals surface area contributed by atoms with E-state index in [9.17, 15) is 4.79 Å². The molecule has 0 aliphatic heterocycles. The third-order valence-corrected chi connectivity index (χ3v) is 3.19. The maximum Gasteiger partial charge on any atom is 0.251 e. The second kappa shape index (κ2) is 7.22. The Kier molecular flexibility index (Phi) is 6.24. The van der Waals surface area contributed by atoms with Gasteiger partial charge in [-0.3, -0.25) is 4.79 Å². The number of halogens is 2. The molecule has 1 amide bonds. The van der Waals surface area contributed by atoms with Crippen LogP contribution in [0, 0.1) is 0 Å². The lowest BCUT2D eigenvalue weighted by atomic mass is 10.2. The number of rotatable bonds is 5. The summed E-state index contributed by atoms with van der Waals surface area (Å²) in [6, 6.07) is 7.42. The summed E-state index contributed by atoms with van der Waals surface area (Å²) in [7, 11) is 0. The van der Waals surface area contributed by atoms with Crippen LogP contribution in [0.15, 0.2) is 28.7 Å². The average Bonchev–Trinajstić information content (AvgIpc) is 2.24. The normalized spacial score (nSPS) is 10.0. The number of amides is 1. The molecule has 0 aliphatic carbocycles. The number of unbranched alkanes of at least 4 members (excludes halogenated alkanes) is 1. The lowest BCUT2D eigenvalue weighted by Gasteiger charge is -2.04. The summed E-state index contributed by atoms with van der Waals surface area (Å²) in [6.07, 6.45) is 2.20. The van der Waals surface area contributed by atoms with E-state index in [1.807, 2.05) is 24.3 Å². The topological polar surface area (TPSA) is 29.1 Å². The molecule has 0 fully saturated rings. The van der Waals surface area contributed by atoms with E-state index in [1.165, 1.54) is 0 Å². The number of carbonyl (C=O) groups excluding carboxylic acids is 1. The smallest absolute Gasteiger partial charge is 0.251 e. The summed E-state index contributed by atoms with van der Waals surface area (Å²) in [6.45, 7) is 0.758. The summed E-state index contributed by atoms with van der Waals surface area (Å²) in [5.74, 6) is 0.00441. The van der Waals surface area contributed by atoms with E-state index in [1.54, 1.807) is 0 Å². The Morgan fingerprint density at radius 3 is 2.87 bits per heavy atom. The minimum Gasteiger partial charge on any atom is -0.352 e. The van der Waals surface area contributed by atoms with Gasteiger partial charge in [0.25, 0.3) is 5.91 Å². The highest BCUT2D eigenvalue weighted by Crippen LogP contribution is 2.11. The fourth-order valence-corrected chi connectivity index (χ4v) is 2.09. The molecule has 0 radical (unpaired) electrons. The lowest BCUT2D eigenvalue weighted by Crippen LogP contribution is -2.24. The van der Waals surface area contributed by atoms with E-state index in [2.05, 4.69) is 43.8 Å². The van der Waals surface area contributed by atoms with Gasteiger partial charge < -0.3 is 5.32 Å². The minimum absolute atomic E-state index is 0.00441. The van der Waals surface area contributed by atoms with Gasteiger partial charge in [0.1, 0.15) is 0 Å². The largest absolute Gasteiger partial charge is 0.352 e. The zero-order chi connectivity index (χ0) is 11.1. The van der Waals surface area contributed by atoms with Crippen molar-refractivity contribution in [2.24, 2.45) is 0 Å². The molecule has 0 aromatic heterocycles. The number of hydrogen-bond acceptors (Lipinski definition) is 1. The summed E-state index contributed by atoms with van der Waals surface area (Å²) in [5.41, 5.74) is 0.707. The molecule has 0 spiro atoms. The predicted octanol–water partition coefficient (Wildman–Crippen LogP) is 3.39. The molecule has 0 saturated heterocycles. The van der Waals surface area contributed by atoms with Gasteiger partial charge in [-0.25, -0.2) is 0 Å². The Morgan fingerprint density at radius 1 is 1.40 bits per heavy atom. The third kappa shape index (κ3) is 4.97. The second-order valence-electron chi connectivity index (χ2n) is 3.16. The predicted molar refractivity (Wildman–Crippen MR) is 74.6 cm³/mol. The number of alkyl halides is 1. The molecule has 0 bridgehead atoms. The molecule has 0 unspecified atom stereocenters. The summed E-state index contributed by atoms with van der Waals surface area (Å²) in [4.78, 5) is 11.6. The third-order valence-electron chi connectivity index (χ3n) is 1.93. The molecule has 0 aliphatic rings. The van der Waals surface area contributed by atoms with Crippen LogP contribution in [0.1, 0.15) is 23.2 Å². The Balaban J connectivity index is 2.40. The molecular formula is C11H13BrINO. The van der Waals surface area contributed by atoms with Crippen LogP contribution in [0.25, 0.3) is 0 Å². The molecule has 15 heavy (non-hydrogen) atoms. The summed E-state index contributed by atoms with van der Waals surface area (Å²) < 4.78 is 2.08. The first-order valence-corrected chi connectivity index (χ1v) is 7.15. The summed E-state index contributed by atoms with van der Waals surface area (Å²) in [5, 5.41) is 2.90. The van der Waals surface area contributed by atoms with Gasteiger partial charge in [-0.1, -0.05) is 44.6 Å². The quantitative estimate of drug-likeness (QED) is 0.472. The van der Waals surface area contributed by atoms with Crippen LogP contribution in [0.4, 0.5) is 0 Å². The van der Waals surface area contributed by atoms with Gasteiger partial charge >= 0.3 is 0 Å². The van der Waals surface area contributed by atoms with Gasteiger partial charge in [-0.15, -0.1) is 0 Å². The maximum atomic E-state index is 11.6. The standard InChI is InChI=1S/C11H13BrINO/c12-10-5-3-4-9(8-10)11(15)14-7-2-1-6-13/h3-5,8H,1-2,6-7H2,(H,14,15). The monoisotopic (exact) mass is 381 g/mol. The van der Waals surface area contributed by atoms with Crippen LogP contribution < -0.4 is 5.32 Å². The van der Waals surface area contributed by atoms with Crippen molar-refractivity contribution in [3.8, 4) is 0 Å². The Bertz CT molecular complexity index is 330. The van der Waals surface area contributed by atoms with Gasteiger partial charge in [0.2, 0.25) is 0 Å². The van der Waals surface area contributed by atoms with E-state index in [4.69, 9.17) is 0 Å². The fraction of sp³-hybridized carbons (Fsp3) is 0.364. The Morgan fingerprint density at radius 2 is 2.20 bits per heavy atom. The maximum absolute atomic E-state index is 11.6. The van der Waals surface area contributed by atoms with E-state index < -0.39 is 0 Å². The highest BCUT2D eigenvalue weighted by Gasteiger charge is 2.03. The van der Waals surface area contributed by atoms with E-state index in [0.717, 1.165) is 28.3 Å². The van der Waals surface area contributed by atoms with Gasteiger partial charge in [-0.05, 0) is 35.5 Å². The van der Waals surface area contributed by atoms with Crippen LogP contribution in [0.3, 0.4) is 0 Å². The number of nitrogens with one attached hydrogen (secondary N) is 1. The van der Waals surface area contributed by atoms with Crippen molar-refractivity contribution >= 4 is 44.4 Å². The zero-order valence-corrected chi connectivity index (χ0v) is 12.0. The van der Waals surface area contributed by atoms with Gasteiger partial charge in [-0.2, -0.15) is 0 Å². The van der Waals surface area contributed by atoms with Crippen molar-refractivity contribution in [1.82, 2.24) is 5.32 Å².